The molecule has 1 N–H and O–H groups in total. The third-order valence-corrected chi connectivity index (χ3v) is 2.78. The van der Waals surface area contributed by atoms with Crippen LogP contribution in [-0.2, 0) is 6.54 Å². The normalized spacial score (nSPS) is 10.8. The number of hydrogen-bond donors (Lipinski definition) is 1. The maximum atomic E-state index is 13.8. The minimum Gasteiger partial charge on any atom is -0.460 e. The van der Waals surface area contributed by atoms with Crippen LogP contribution in [0.5, 0.6) is 0 Å². The molecule has 0 aliphatic rings. The molecule has 0 spiro atoms. The SMILES string of the molecule is CCCNCc1ccc(-c2ccc(C)cc2F)o1. The average molecular weight is 247 g/mol. The summed E-state index contributed by atoms with van der Waals surface area (Å²) in [4.78, 5) is 0. The first kappa shape index (κ1) is 12.8. The van der Waals surface area contributed by atoms with E-state index in [4.69, 9.17) is 4.42 Å². The van der Waals surface area contributed by atoms with Crippen LogP contribution < -0.4 is 5.32 Å². The van der Waals surface area contributed by atoms with E-state index < -0.39 is 0 Å². The molecule has 3 heteroatoms. The summed E-state index contributed by atoms with van der Waals surface area (Å²) in [5.74, 6) is 1.18. The van der Waals surface area contributed by atoms with Gasteiger partial charge in [-0.05, 0) is 49.7 Å². The third-order valence-electron chi connectivity index (χ3n) is 2.78. The molecule has 18 heavy (non-hydrogen) atoms. The molecule has 0 saturated carbocycles. The molecule has 0 aliphatic heterocycles. The second-order valence-electron chi connectivity index (χ2n) is 4.43. The quantitative estimate of drug-likeness (QED) is 0.811. The lowest BCUT2D eigenvalue weighted by atomic mass is 10.1. The van der Waals surface area contributed by atoms with Crippen LogP contribution in [0.1, 0.15) is 24.7 Å². The molecule has 0 radical (unpaired) electrons. The third kappa shape index (κ3) is 2.99. The second kappa shape index (κ2) is 5.83. The Labute approximate surface area is 107 Å². The van der Waals surface area contributed by atoms with Crippen molar-refractivity contribution in [1.29, 1.82) is 0 Å². The lowest BCUT2D eigenvalue weighted by molar-refractivity contribution is 0.490. The molecule has 1 heterocycles. The molecule has 2 nitrogen and oxygen atoms in total. The lowest BCUT2D eigenvalue weighted by Crippen LogP contribution is -2.12. The van der Waals surface area contributed by atoms with E-state index in [0.29, 0.717) is 17.9 Å². The van der Waals surface area contributed by atoms with E-state index in [1.807, 2.05) is 25.1 Å². The monoisotopic (exact) mass is 247 g/mol. The van der Waals surface area contributed by atoms with Gasteiger partial charge in [0.05, 0.1) is 12.1 Å². The zero-order chi connectivity index (χ0) is 13.0. The van der Waals surface area contributed by atoms with Gasteiger partial charge in [-0.15, -0.1) is 0 Å². The highest BCUT2D eigenvalue weighted by molar-refractivity contribution is 5.58. The van der Waals surface area contributed by atoms with Gasteiger partial charge in [0.2, 0.25) is 0 Å². The summed E-state index contributed by atoms with van der Waals surface area (Å²) < 4.78 is 19.4. The molecule has 0 bridgehead atoms. The van der Waals surface area contributed by atoms with Gasteiger partial charge in [0.15, 0.2) is 0 Å². The van der Waals surface area contributed by atoms with Gasteiger partial charge in [-0.2, -0.15) is 0 Å². The van der Waals surface area contributed by atoms with Crippen molar-refractivity contribution < 1.29 is 8.81 Å². The first-order chi connectivity index (χ1) is 8.70. The van der Waals surface area contributed by atoms with Crippen LogP contribution in [0.3, 0.4) is 0 Å². The van der Waals surface area contributed by atoms with Crippen molar-refractivity contribution >= 4 is 0 Å². The van der Waals surface area contributed by atoms with Gasteiger partial charge < -0.3 is 9.73 Å². The number of rotatable bonds is 5. The zero-order valence-electron chi connectivity index (χ0n) is 10.8. The van der Waals surface area contributed by atoms with Crippen molar-refractivity contribution in [3.63, 3.8) is 0 Å². The highest BCUT2D eigenvalue weighted by Crippen LogP contribution is 2.25. The van der Waals surface area contributed by atoms with Crippen molar-refractivity contribution in [2.45, 2.75) is 26.8 Å². The predicted octanol–water partition coefficient (Wildman–Crippen LogP) is 3.89. The van der Waals surface area contributed by atoms with E-state index in [1.165, 1.54) is 6.07 Å². The van der Waals surface area contributed by atoms with Crippen LogP contribution in [-0.4, -0.2) is 6.54 Å². The largest absolute Gasteiger partial charge is 0.460 e. The molecule has 0 atom stereocenters. The summed E-state index contributed by atoms with van der Waals surface area (Å²) in [6, 6.07) is 8.86. The summed E-state index contributed by atoms with van der Waals surface area (Å²) in [5, 5.41) is 3.25. The first-order valence-corrected chi connectivity index (χ1v) is 6.26. The molecule has 1 aromatic carbocycles. The maximum absolute atomic E-state index is 13.8. The summed E-state index contributed by atoms with van der Waals surface area (Å²) >= 11 is 0. The van der Waals surface area contributed by atoms with Gasteiger partial charge in [0.1, 0.15) is 17.3 Å². The van der Waals surface area contributed by atoms with Crippen LogP contribution in [0.2, 0.25) is 0 Å². The van der Waals surface area contributed by atoms with Crippen molar-refractivity contribution in [2.24, 2.45) is 0 Å². The molecule has 0 aliphatic carbocycles. The molecular formula is C15H18FNO. The molecule has 1 aromatic heterocycles. The topological polar surface area (TPSA) is 25.2 Å². The predicted molar refractivity (Wildman–Crippen MR) is 70.8 cm³/mol. The molecule has 0 saturated heterocycles. The van der Waals surface area contributed by atoms with Gasteiger partial charge in [-0.25, -0.2) is 4.39 Å². The Balaban J connectivity index is 2.13. The molecule has 96 valence electrons. The van der Waals surface area contributed by atoms with Gasteiger partial charge in [0.25, 0.3) is 0 Å². The molecule has 0 fully saturated rings. The fraction of sp³-hybridized carbons (Fsp3) is 0.333. The number of aryl methyl sites for hydroxylation is 1. The van der Waals surface area contributed by atoms with Crippen molar-refractivity contribution in [3.8, 4) is 11.3 Å². The average Bonchev–Trinajstić information content (AvgIpc) is 2.78. The molecule has 2 rings (SSSR count). The summed E-state index contributed by atoms with van der Waals surface area (Å²) in [5.41, 5.74) is 1.43. The highest BCUT2D eigenvalue weighted by atomic mass is 19.1. The fourth-order valence-electron chi connectivity index (χ4n) is 1.83. The zero-order valence-corrected chi connectivity index (χ0v) is 10.8. The van der Waals surface area contributed by atoms with E-state index >= 15 is 0 Å². The van der Waals surface area contributed by atoms with Gasteiger partial charge in [-0.1, -0.05) is 13.0 Å². The minimum atomic E-state index is -0.239. The van der Waals surface area contributed by atoms with E-state index in [1.54, 1.807) is 6.07 Å². The van der Waals surface area contributed by atoms with Crippen LogP contribution in [0.25, 0.3) is 11.3 Å². The van der Waals surface area contributed by atoms with Crippen LogP contribution in [0.4, 0.5) is 4.39 Å². The van der Waals surface area contributed by atoms with Crippen molar-refractivity contribution in [1.82, 2.24) is 5.32 Å². The van der Waals surface area contributed by atoms with Gasteiger partial charge in [0, 0.05) is 0 Å². The minimum absolute atomic E-state index is 0.239. The Morgan fingerprint density at radius 3 is 2.78 bits per heavy atom. The Hall–Kier alpha value is -1.61. The fourth-order valence-corrected chi connectivity index (χ4v) is 1.83. The van der Waals surface area contributed by atoms with E-state index in [9.17, 15) is 4.39 Å². The lowest BCUT2D eigenvalue weighted by Gasteiger charge is -2.02. The van der Waals surface area contributed by atoms with E-state index in [0.717, 1.165) is 24.3 Å². The first-order valence-electron chi connectivity index (χ1n) is 6.26. The van der Waals surface area contributed by atoms with E-state index in [-0.39, 0.29) is 5.82 Å². The maximum Gasteiger partial charge on any atom is 0.137 e. The summed E-state index contributed by atoms with van der Waals surface area (Å²) in [6.45, 7) is 5.62. The standard InChI is InChI=1S/C15H18FNO/c1-3-8-17-10-12-5-7-15(18-12)13-6-4-11(2)9-14(13)16/h4-7,9,17H,3,8,10H2,1-2H3. The molecule has 2 aromatic rings. The second-order valence-corrected chi connectivity index (χ2v) is 4.43. The molecule has 0 amide bonds. The summed E-state index contributed by atoms with van der Waals surface area (Å²) in [7, 11) is 0. The van der Waals surface area contributed by atoms with Gasteiger partial charge >= 0.3 is 0 Å². The number of benzene rings is 1. The van der Waals surface area contributed by atoms with Crippen molar-refractivity contribution in [3.05, 3.63) is 47.5 Å². The van der Waals surface area contributed by atoms with Crippen LogP contribution in [0, 0.1) is 12.7 Å². The smallest absolute Gasteiger partial charge is 0.137 e. The molecular weight excluding hydrogens is 229 g/mol. The van der Waals surface area contributed by atoms with Crippen LogP contribution in [0.15, 0.2) is 34.7 Å². The number of hydrogen-bond acceptors (Lipinski definition) is 2. The van der Waals surface area contributed by atoms with Gasteiger partial charge in [-0.3, -0.25) is 0 Å². The van der Waals surface area contributed by atoms with Crippen LogP contribution >= 0.6 is 0 Å². The Morgan fingerprint density at radius 1 is 1.22 bits per heavy atom. The number of furan rings is 1. The van der Waals surface area contributed by atoms with E-state index in [2.05, 4.69) is 12.2 Å². The Morgan fingerprint density at radius 2 is 2.06 bits per heavy atom. The Bertz CT molecular complexity index is 519. The number of halogens is 1. The van der Waals surface area contributed by atoms with Crippen molar-refractivity contribution in [2.75, 3.05) is 6.54 Å². The summed E-state index contributed by atoms with van der Waals surface area (Å²) in [6.07, 6.45) is 1.08. The molecule has 0 unspecified atom stereocenters. The highest BCUT2D eigenvalue weighted by Gasteiger charge is 2.09. The number of nitrogens with one attached hydrogen (secondary N) is 1. The Kier molecular flexibility index (Phi) is 4.15.